The number of nitrogens with zero attached hydrogens (tertiary/aromatic N) is 2. The summed E-state index contributed by atoms with van der Waals surface area (Å²) in [4.78, 5) is 12.4. The molecule has 0 aliphatic carbocycles. The fraction of sp³-hybridized carbons (Fsp3) is 0.600. The number of aromatic nitrogens is 2. The predicted molar refractivity (Wildman–Crippen MR) is 80.7 cm³/mol. The van der Waals surface area contributed by atoms with Gasteiger partial charge < -0.3 is 4.79 Å². The lowest BCUT2D eigenvalue weighted by atomic mass is 10.1. The number of hydrogen-bond donors (Lipinski definition) is 0. The smallest absolute Gasteiger partial charge is 0.144 e. The Hall–Kier alpha value is -1.16. The first kappa shape index (κ1) is 14.3. The maximum Gasteiger partial charge on any atom is 0.144 e. The van der Waals surface area contributed by atoms with Gasteiger partial charge in [-0.2, -0.15) is 5.10 Å². The van der Waals surface area contributed by atoms with Crippen molar-refractivity contribution < 1.29 is 4.79 Å². The summed E-state index contributed by atoms with van der Waals surface area (Å²) >= 11 is 1.66. The summed E-state index contributed by atoms with van der Waals surface area (Å²) in [6.07, 6.45) is 11.3. The van der Waals surface area contributed by atoms with Crippen molar-refractivity contribution >= 4 is 27.8 Å². The number of hydrogen-bond acceptors (Lipinski definition) is 3. The molecule has 2 aromatic heterocycles. The van der Waals surface area contributed by atoms with Crippen molar-refractivity contribution in [2.24, 2.45) is 0 Å². The first-order valence-electron chi connectivity index (χ1n) is 7.22. The van der Waals surface area contributed by atoms with E-state index in [4.69, 9.17) is 0 Å². The van der Waals surface area contributed by atoms with E-state index in [2.05, 4.69) is 23.5 Å². The van der Waals surface area contributed by atoms with Gasteiger partial charge in [0.2, 0.25) is 0 Å². The monoisotopic (exact) mass is 278 g/mol. The average Bonchev–Trinajstić information content (AvgIpc) is 3.01. The Bertz CT molecular complexity index is 503. The normalized spacial score (nSPS) is 12.9. The zero-order chi connectivity index (χ0) is 13.5. The number of aldehydes is 1. The topological polar surface area (TPSA) is 34.9 Å². The van der Waals surface area contributed by atoms with Gasteiger partial charge in [-0.1, -0.05) is 45.4 Å². The summed E-state index contributed by atoms with van der Waals surface area (Å²) in [5.41, 5.74) is 0. The molecule has 4 heteroatoms. The SMILES string of the molecule is CCCCCCCCC(C=O)n1ncc2ccsc21. The summed E-state index contributed by atoms with van der Waals surface area (Å²) in [7, 11) is 0. The third-order valence-electron chi connectivity index (χ3n) is 3.53. The van der Waals surface area contributed by atoms with Gasteiger partial charge in [0.1, 0.15) is 17.2 Å². The Kier molecular flexibility index (Phi) is 5.58. The molecule has 2 rings (SSSR count). The number of carbonyl (C=O) groups excluding carboxylic acids is 1. The molecular formula is C15H22N2OS. The fourth-order valence-electron chi connectivity index (χ4n) is 2.39. The molecule has 0 aromatic carbocycles. The van der Waals surface area contributed by atoms with Crippen LogP contribution in [-0.4, -0.2) is 16.1 Å². The number of carbonyl (C=O) groups is 1. The molecule has 0 saturated carbocycles. The highest BCUT2D eigenvalue weighted by Crippen LogP contribution is 2.25. The highest BCUT2D eigenvalue weighted by molar-refractivity contribution is 7.16. The molecule has 0 aliphatic rings. The molecule has 2 heterocycles. The molecule has 0 radical (unpaired) electrons. The van der Waals surface area contributed by atoms with Crippen molar-refractivity contribution in [1.82, 2.24) is 9.78 Å². The van der Waals surface area contributed by atoms with E-state index in [9.17, 15) is 4.79 Å². The molecule has 0 amide bonds. The predicted octanol–water partition coefficient (Wildman–Crippen LogP) is 4.59. The molecule has 104 valence electrons. The minimum Gasteiger partial charge on any atom is -0.301 e. The van der Waals surface area contributed by atoms with E-state index in [1.54, 1.807) is 11.3 Å². The van der Waals surface area contributed by atoms with E-state index in [-0.39, 0.29) is 6.04 Å². The lowest BCUT2D eigenvalue weighted by molar-refractivity contribution is -0.110. The molecule has 0 aliphatic heterocycles. The lowest BCUT2D eigenvalue weighted by Crippen LogP contribution is -2.11. The second-order valence-corrected chi connectivity index (χ2v) is 5.92. The molecule has 0 saturated heterocycles. The van der Waals surface area contributed by atoms with Crippen LogP contribution in [0.1, 0.15) is 57.9 Å². The molecule has 2 aromatic rings. The Labute approximate surface area is 118 Å². The largest absolute Gasteiger partial charge is 0.301 e. The maximum atomic E-state index is 11.3. The summed E-state index contributed by atoms with van der Waals surface area (Å²) in [5, 5.41) is 7.54. The van der Waals surface area contributed by atoms with Crippen molar-refractivity contribution in [3.05, 3.63) is 17.6 Å². The van der Waals surface area contributed by atoms with Crippen LogP contribution in [-0.2, 0) is 4.79 Å². The van der Waals surface area contributed by atoms with Gasteiger partial charge >= 0.3 is 0 Å². The second kappa shape index (κ2) is 7.43. The van der Waals surface area contributed by atoms with Crippen molar-refractivity contribution in [2.45, 2.75) is 57.9 Å². The highest BCUT2D eigenvalue weighted by Gasteiger charge is 2.14. The quantitative estimate of drug-likeness (QED) is 0.497. The molecule has 0 N–H and O–H groups in total. The Morgan fingerprint density at radius 3 is 2.89 bits per heavy atom. The second-order valence-electron chi connectivity index (χ2n) is 5.03. The zero-order valence-corrected chi connectivity index (χ0v) is 12.4. The Balaban J connectivity index is 1.84. The van der Waals surface area contributed by atoms with Crippen molar-refractivity contribution in [3.63, 3.8) is 0 Å². The molecule has 1 atom stereocenters. The van der Waals surface area contributed by atoms with E-state index in [1.165, 1.54) is 32.1 Å². The van der Waals surface area contributed by atoms with E-state index in [0.29, 0.717) is 0 Å². The van der Waals surface area contributed by atoms with E-state index < -0.39 is 0 Å². The van der Waals surface area contributed by atoms with Gasteiger partial charge in [-0.05, 0) is 17.9 Å². The van der Waals surface area contributed by atoms with Gasteiger partial charge in [0.05, 0.1) is 6.20 Å². The fourth-order valence-corrected chi connectivity index (χ4v) is 3.28. The summed E-state index contributed by atoms with van der Waals surface area (Å²) in [6.45, 7) is 2.23. The first-order chi connectivity index (χ1) is 9.36. The molecule has 0 fully saturated rings. The highest BCUT2D eigenvalue weighted by atomic mass is 32.1. The third-order valence-corrected chi connectivity index (χ3v) is 4.45. The maximum absolute atomic E-state index is 11.3. The molecule has 1 unspecified atom stereocenters. The molecule has 0 spiro atoms. The van der Waals surface area contributed by atoms with Gasteiger partial charge in [-0.15, -0.1) is 11.3 Å². The first-order valence-corrected chi connectivity index (χ1v) is 8.10. The van der Waals surface area contributed by atoms with E-state index in [0.717, 1.165) is 29.3 Å². The van der Waals surface area contributed by atoms with Gasteiger partial charge in [0.15, 0.2) is 0 Å². The molecule has 0 bridgehead atoms. The van der Waals surface area contributed by atoms with Crippen molar-refractivity contribution in [1.29, 1.82) is 0 Å². The van der Waals surface area contributed by atoms with Crippen LogP contribution in [0.15, 0.2) is 17.6 Å². The van der Waals surface area contributed by atoms with Crippen LogP contribution in [0.5, 0.6) is 0 Å². The van der Waals surface area contributed by atoms with Gasteiger partial charge in [0, 0.05) is 5.39 Å². The van der Waals surface area contributed by atoms with Crippen LogP contribution in [0.2, 0.25) is 0 Å². The van der Waals surface area contributed by atoms with Crippen LogP contribution in [0.25, 0.3) is 10.2 Å². The van der Waals surface area contributed by atoms with Crippen LogP contribution in [0, 0.1) is 0 Å². The van der Waals surface area contributed by atoms with Crippen LogP contribution >= 0.6 is 11.3 Å². The third kappa shape index (κ3) is 3.66. The summed E-state index contributed by atoms with van der Waals surface area (Å²) in [6, 6.07) is 1.96. The minimum absolute atomic E-state index is 0.0951. The minimum atomic E-state index is -0.0951. The van der Waals surface area contributed by atoms with Crippen molar-refractivity contribution in [2.75, 3.05) is 0 Å². The van der Waals surface area contributed by atoms with E-state index >= 15 is 0 Å². The number of unbranched alkanes of at least 4 members (excludes halogenated alkanes) is 5. The summed E-state index contributed by atoms with van der Waals surface area (Å²) in [5.74, 6) is 0. The van der Waals surface area contributed by atoms with Gasteiger partial charge in [-0.3, -0.25) is 0 Å². The number of rotatable bonds is 9. The number of fused-ring (bicyclic) bond motifs is 1. The number of thiophene rings is 1. The Morgan fingerprint density at radius 1 is 1.32 bits per heavy atom. The zero-order valence-electron chi connectivity index (χ0n) is 11.5. The molecule has 19 heavy (non-hydrogen) atoms. The van der Waals surface area contributed by atoms with Crippen LogP contribution in [0.3, 0.4) is 0 Å². The van der Waals surface area contributed by atoms with E-state index in [1.807, 2.05) is 10.9 Å². The molecule has 3 nitrogen and oxygen atoms in total. The lowest BCUT2D eigenvalue weighted by Gasteiger charge is -2.11. The van der Waals surface area contributed by atoms with Gasteiger partial charge in [-0.25, -0.2) is 4.68 Å². The van der Waals surface area contributed by atoms with Crippen LogP contribution in [0.4, 0.5) is 0 Å². The Morgan fingerprint density at radius 2 is 2.11 bits per heavy atom. The summed E-state index contributed by atoms with van der Waals surface area (Å²) < 4.78 is 1.89. The van der Waals surface area contributed by atoms with Crippen LogP contribution < -0.4 is 0 Å². The van der Waals surface area contributed by atoms with Crippen molar-refractivity contribution in [3.8, 4) is 0 Å². The standard InChI is InChI=1S/C15H22N2OS/c1-2-3-4-5-6-7-8-14(12-18)17-15-13(11-16-17)9-10-19-15/h9-12,14H,2-8H2,1H3. The molecular weight excluding hydrogens is 256 g/mol. The van der Waals surface area contributed by atoms with Gasteiger partial charge in [0.25, 0.3) is 0 Å². The average molecular weight is 278 g/mol.